The van der Waals surface area contributed by atoms with Crippen LogP contribution in [0.3, 0.4) is 0 Å². The molecule has 6 unspecified atom stereocenters. The van der Waals surface area contributed by atoms with Gasteiger partial charge in [0.05, 0.1) is 37.6 Å². The number of carbonyl (C=O) groups is 6. The first-order chi connectivity index (χ1) is 51.8. The molecule has 3 aromatic carbocycles. The minimum absolute atomic E-state index is 0.214. The van der Waals surface area contributed by atoms with Crippen molar-refractivity contribution in [3.63, 3.8) is 0 Å². The molecule has 0 aliphatic heterocycles. The van der Waals surface area contributed by atoms with Crippen molar-refractivity contribution >= 4 is 34.7 Å². The third-order valence-corrected chi connectivity index (χ3v) is 26.0. The number of ketones is 6. The van der Waals surface area contributed by atoms with Gasteiger partial charge in [-0.1, -0.05) is 238 Å². The SMILES string of the molecule is CCCCCCCCCOc1ccc(C2CCC(CC(=O)C3CCC(CC)CC3=O)CC2)cc1.CCCCCCCCCOc1ccc(C2CCC(CC(=O)C3CCC(CCC)CC3=O)CC2)cc1.CCCCCCCCCOc1ccc(C2CCC(CC(=O)C3CCC(CCCCC)CC3=O)CC2)cc1. The second-order valence-electron chi connectivity index (χ2n) is 34.5. The molecule has 594 valence electrons. The fourth-order valence-electron chi connectivity index (χ4n) is 18.9. The molecule has 0 N–H and O–H groups in total. The maximum absolute atomic E-state index is 13.0. The Kier molecular flexibility index (Phi) is 43.6. The van der Waals surface area contributed by atoms with E-state index in [1.54, 1.807) is 0 Å². The summed E-state index contributed by atoms with van der Waals surface area (Å²) in [5, 5.41) is 0. The molecule has 9 heteroatoms. The zero-order chi connectivity index (χ0) is 75.4. The average Bonchev–Trinajstić information content (AvgIpc) is 0.846. The molecule has 0 aromatic heterocycles. The van der Waals surface area contributed by atoms with Crippen LogP contribution in [0.4, 0.5) is 0 Å². The lowest BCUT2D eigenvalue weighted by atomic mass is 9.73. The van der Waals surface area contributed by atoms with Crippen LogP contribution in [0.5, 0.6) is 17.2 Å². The standard InChI is InChI=1S/C34H54O3.C32H50O3.C31H48O3/c1-3-5-7-8-9-10-12-24-37-31-21-19-30(20-22-31)29-17-14-28(15-18-29)26-34(36)32-23-16-27(25-33(32)35)13-11-6-4-2;1-3-5-6-7-8-9-10-22-35-29-19-17-28(18-20-29)27-15-12-26(13-16-27)24-32(34)30-21-14-25(11-4-2)23-31(30)33;1-3-5-6-7-8-9-10-21-34-28-18-16-27(17-19-28)26-14-11-25(12-15-26)23-31(33)29-20-13-24(4-2)22-30(29)32/h19-22,27-29,32H,3-18,23-26H2,1-2H3;17-20,25-27,30H,3-16,21-24H2,1-2H3;16-19,24-26,29H,3-15,20-23H2,1-2H3. The lowest BCUT2D eigenvalue weighted by Gasteiger charge is -2.31. The summed E-state index contributed by atoms with van der Waals surface area (Å²) in [4.78, 5) is 76.3. The van der Waals surface area contributed by atoms with E-state index in [2.05, 4.69) is 114 Å². The van der Waals surface area contributed by atoms with Gasteiger partial charge in [-0.15, -0.1) is 0 Å². The van der Waals surface area contributed by atoms with E-state index in [4.69, 9.17) is 14.2 Å². The summed E-state index contributed by atoms with van der Waals surface area (Å²) in [6, 6.07) is 26.2. The summed E-state index contributed by atoms with van der Waals surface area (Å²) < 4.78 is 17.9. The summed E-state index contributed by atoms with van der Waals surface area (Å²) in [5.74, 6) is 8.13. The topological polar surface area (TPSA) is 130 Å². The summed E-state index contributed by atoms with van der Waals surface area (Å²) >= 11 is 0. The van der Waals surface area contributed by atoms with Crippen molar-refractivity contribution in [2.75, 3.05) is 19.8 Å². The van der Waals surface area contributed by atoms with Gasteiger partial charge >= 0.3 is 0 Å². The second kappa shape index (κ2) is 52.3. The van der Waals surface area contributed by atoms with Crippen molar-refractivity contribution in [3.8, 4) is 17.2 Å². The van der Waals surface area contributed by atoms with Gasteiger partial charge in [-0.2, -0.15) is 0 Å². The van der Waals surface area contributed by atoms with Gasteiger partial charge in [0.15, 0.2) is 0 Å². The van der Waals surface area contributed by atoms with Gasteiger partial charge in [-0.25, -0.2) is 0 Å². The Bertz CT molecular complexity index is 2870. The molecule has 6 fully saturated rings. The maximum Gasteiger partial charge on any atom is 0.143 e. The number of benzene rings is 3. The first kappa shape index (κ1) is 88.3. The van der Waals surface area contributed by atoms with Crippen LogP contribution in [0, 0.1) is 53.3 Å². The third kappa shape index (κ3) is 32.9. The summed E-state index contributed by atoms with van der Waals surface area (Å²) in [6.45, 7) is 15.8. The molecule has 0 bridgehead atoms. The maximum atomic E-state index is 13.0. The summed E-state index contributed by atoms with van der Waals surface area (Å²) in [6.07, 6.45) is 58.4. The van der Waals surface area contributed by atoms with Crippen LogP contribution in [0.25, 0.3) is 0 Å². The number of unbranched alkanes of at least 4 members (excludes halogenated alkanes) is 20. The Hall–Kier alpha value is -4.92. The van der Waals surface area contributed by atoms with Crippen molar-refractivity contribution < 1.29 is 43.0 Å². The van der Waals surface area contributed by atoms with Gasteiger partial charge in [0.2, 0.25) is 0 Å². The van der Waals surface area contributed by atoms with Gasteiger partial charge in [0.25, 0.3) is 0 Å². The largest absolute Gasteiger partial charge is 0.494 e. The Morgan fingerprint density at radius 2 is 0.528 bits per heavy atom. The van der Waals surface area contributed by atoms with E-state index in [0.29, 0.717) is 91.8 Å². The Morgan fingerprint density at radius 1 is 0.274 bits per heavy atom. The minimum Gasteiger partial charge on any atom is -0.494 e. The molecule has 6 aliphatic rings. The van der Waals surface area contributed by atoms with Crippen LogP contribution in [-0.2, 0) is 28.8 Å². The zero-order valence-electron chi connectivity index (χ0n) is 68.4. The molecule has 3 aromatic rings. The number of Topliss-reactive ketones (excluding diaryl/α,β-unsaturated/α-hetero) is 6. The van der Waals surface area contributed by atoms with Crippen LogP contribution in [0.1, 0.15) is 410 Å². The first-order valence-electron chi connectivity index (χ1n) is 45.2. The Morgan fingerprint density at radius 3 is 0.811 bits per heavy atom. The van der Waals surface area contributed by atoms with Crippen LogP contribution in [-0.4, -0.2) is 54.5 Å². The predicted octanol–water partition coefficient (Wildman–Crippen LogP) is 26.9. The van der Waals surface area contributed by atoms with Crippen molar-refractivity contribution in [2.45, 2.75) is 393 Å². The van der Waals surface area contributed by atoms with Gasteiger partial charge in [0, 0.05) is 38.5 Å². The fraction of sp³-hybridized carbons (Fsp3) is 0.753. The van der Waals surface area contributed by atoms with Crippen LogP contribution < -0.4 is 14.2 Å². The van der Waals surface area contributed by atoms with E-state index in [1.807, 2.05) is 0 Å². The molecule has 9 nitrogen and oxygen atoms in total. The molecule has 9 rings (SSSR count). The number of ether oxygens (including phenoxy) is 3. The highest BCUT2D eigenvalue weighted by Gasteiger charge is 2.38. The van der Waals surface area contributed by atoms with E-state index in [1.165, 1.54) is 152 Å². The van der Waals surface area contributed by atoms with E-state index >= 15 is 0 Å². The molecular formula is C97H152O9. The number of carbonyl (C=O) groups excluding carboxylic acids is 6. The summed E-state index contributed by atoms with van der Waals surface area (Å²) in [7, 11) is 0. The van der Waals surface area contributed by atoms with Gasteiger partial charge in [-0.3, -0.25) is 28.8 Å². The highest BCUT2D eigenvalue weighted by molar-refractivity contribution is 6.04. The quantitative estimate of drug-likeness (QED) is 0.0401. The van der Waals surface area contributed by atoms with Crippen LogP contribution in [0.15, 0.2) is 72.8 Å². The van der Waals surface area contributed by atoms with Gasteiger partial charge in [0.1, 0.15) is 51.9 Å². The molecular weight excluding hydrogens is 1310 g/mol. The third-order valence-electron chi connectivity index (χ3n) is 26.0. The Balaban J connectivity index is 0.000000222. The van der Waals surface area contributed by atoms with E-state index < -0.39 is 0 Å². The zero-order valence-corrected chi connectivity index (χ0v) is 68.4. The van der Waals surface area contributed by atoms with Gasteiger partial charge < -0.3 is 14.2 Å². The molecule has 0 amide bonds. The normalized spacial score (nSPS) is 24.8. The van der Waals surface area contributed by atoms with Crippen molar-refractivity contribution in [2.24, 2.45) is 53.3 Å². The number of hydrogen-bond acceptors (Lipinski definition) is 9. The molecule has 0 heterocycles. The highest BCUT2D eigenvalue weighted by Crippen LogP contribution is 2.43. The average molecular weight is 1460 g/mol. The second-order valence-corrected chi connectivity index (χ2v) is 34.5. The molecule has 0 spiro atoms. The van der Waals surface area contributed by atoms with E-state index in [0.717, 1.165) is 198 Å². The van der Waals surface area contributed by atoms with Crippen LogP contribution >= 0.6 is 0 Å². The van der Waals surface area contributed by atoms with E-state index in [-0.39, 0.29) is 52.5 Å². The smallest absolute Gasteiger partial charge is 0.143 e. The molecule has 6 atom stereocenters. The molecule has 0 radical (unpaired) electrons. The molecule has 106 heavy (non-hydrogen) atoms. The first-order valence-corrected chi connectivity index (χ1v) is 45.2. The highest BCUT2D eigenvalue weighted by atomic mass is 16.5. The molecule has 6 aliphatic carbocycles. The van der Waals surface area contributed by atoms with Crippen LogP contribution in [0.2, 0.25) is 0 Å². The Labute approximate surface area is 647 Å². The van der Waals surface area contributed by atoms with E-state index in [9.17, 15) is 28.8 Å². The lowest BCUT2D eigenvalue weighted by molar-refractivity contribution is -0.137. The summed E-state index contributed by atoms with van der Waals surface area (Å²) in [5.41, 5.74) is 4.22. The van der Waals surface area contributed by atoms with Crippen molar-refractivity contribution in [3.05, 3.63) is 89.5 Å². The minimum atomic E-state index is -0.297. The van der Waals surface area contributed by atoms with Crippen molar-refractivity contribution in [1.29, 1.82) is 0 Å². The number of hydrogen-bond donors (Lipinski definition) is 0. The predicted molar refractivity (Wildman–Crippen MR) is 440 cm³/mol. The monoisotopic (exact) mass is 1460 g/mol. The molecule has 6 saturated carbocycles. The van der Waals surface area contributed by atoms with Gasteiger partial charge in [-0.05, 0) is 241 Å². The lowest BCUT2D eigenvalue weighted by Crippen LogP contribution is -2.32. The number of rotatable bonds is 46. The molecule has 0 saturated heterocycles. The van der Waals surface area contributed by atoms with Crippen molar-refractivity contribution in [1.82, 2.24) is 0 Å². The fourth-order valence-corrected chi connectivity index (χ4v) is 18.9.